The first-order valence-corrected chi connectivity index (χ1v) is 12.9. The zero-order valence-corrected chi connectivity index (χ0v) is 22.8. The van der Waals surface area contributed by atoms with E-state index in [0.29, 0.717) is 31.7 Å². The summed E-state index contributed by atoms with van der Waals surface area (Å²) < 4.78 is 16.8. The van der Waals surface area contributed by atoms with Crippen LogP contribution in [0.15, 0.2) is 48.5 Å². The lowest BCUT2D eigenvalue weighted by atomic mass is 10.0. The van der Waals surface area contributed by atoms with Crippen LogP contribution in [0.3, 0.4) is 0 Å². The van der Waals surface area contributed by atoms with Crippen molar-refractivity contribution in [1.82, 2.24) is 4.90 Å². The Labute approximate surface area is 224 Å². The van der Waals surface area contributed by atoms with E-state index in [1.54, 1.807) is 17.0 Å². The molecule has 0 aliphatic carbocycles. The van der Waals surface area contributed by atoms with Crippen LogP contribution in [0.2, 0.25) is 0 Å². The van der Waals surface area contributed by atoms with Crippen molar-refractivity contribution in [3.8, 4) is 5.75 Å². The van der Waals surface area contributed by atoms with Crippen LogP contribution < -0.4 is 9.64 Å². The monoisotopic (exact) mass is 526 g/mol. The van der Waals surface area contributed by atoms with Gasteiger partial charge in [-0.2, -0.15) is 0 Å². The molecule has 2 amide bonds. The van der Waals surface area contributed by atoms with Crippen molar-refractivity contribution in [3.63, 3.8) is 0 Å². The lowest BCUT2D eigenvalue weighted by Crippen LogP contribution is -2.50. The third-order valence-corrected chi connectivity index (χ3v) is 5.92. The first-order chi connectivity index (χ1) is 17.9. The van der Waals surface area contributed by atoms with E-state index in [4.69, 9.17) is 14.2 Å². The van der Waals surface area contributed by atoms with Crippen molar-refractivity contribution in [2.45, 2.75) is 65.7 Å². The van der Waals surface area contributed by atoms with Gasteiger partial charge in [0, 0.05) is 19.1 Å². The Bertz CT molecular complexity index is 1100. The number of amides is 2. The number of rotatable bonds is 8. The largest absolute Gasteiger partial charge is 0.489 e. The number of nitrogens with zero attached hydrogens (tertiary/aromatic N) is 2. The predicted octanol–water partition coefficient (Wildman–Crippen LogP) is 5.96. The summed E-state index contributed by atoms with van der Waals surface area (Å²) in [6, 6.07) is 13.9. The maximum absolute atomic E-state index is 13.3. The summed E-state index contributed by atoms with van der Waals surface area (Å²) in [7, 11) is 0. The third-order valence-electron chi connectivity index (χ3n) is 5.92. The van der Waals surface area contributed by atoms with Crippen LogP contribution in [0.25, 0.3) is 0 Å². The first kappa shape index (κ1) is 28.8. The number of carboxylic acid groups (broad SMARTS) is 1. The number of carbonyl (C=O) groups is 3. The van der Waals surface area contributed by atoms with Crippen LogP contribution in [0.4, 0.5) is 15.3 Å². The smallest absolute Gasteiger partial charge is 0.414 e. The van der Waals surface area contributed by atoms with E-state index in [1.165, 1.54) is 11.0 Å². The summed E-state index contributed by atoms with van der Waals surface area (Å²) in [5, 5.41) is 10.0. The molecule has 0 bridgehead atoms. The first-order valence-electron chi connectivity index (χ1n) is 12.9. The number of benzene rings is 2. The summed E-state index contributed by atoms with van der Waals surface area (Å²) in [5.74, 6) is -0.689. The van der Waals surface area contributed by atoms with Gasteiger partial charge in [0.2, 0.25) is 0 Å². The number of piperidine rings is 1. The summed E-state index contributed by atoms with van der Waals surface area (Å²) in [6.45, 7) is 10.5. The molecule has 1 aliphatic heterocycles. The summed E-state index contributed by atoms with van der Waals surface area (Å²) in [5.41, 5.74) is 0.506. The third kappa shape index (κ3) is 8.13. The quantitative estimate of drug-likeness (QED) is 0.452. The predicted molar refractivity (Wildman–Crippen MR) is 144 cm³/mol. The number of hydrogen-bond donors (Lipinski definition) is 1. The average Bonchev–Trinajstić information content (AvgIpc) is 2.86. The minimum Gasteiger partial charge on any atom is -0.489 e. The number of hydrogen-bond acceptors (Lipinski definition) is 6. The fraction of sp³-hybridized carbons (Fsp3) is 0.483. The molecule has 206 valence electrons. The van der Waals surface area contributed by atoms with Gasteiger partial charge < -0.3 is 24.2 Å². The van der Waals surface area contributed by atoms with Crippen molar-refractivity contribution in [1.29, 1.82) is 0 Å². The van der Waals surface area contributed by atoms with Crippen molar-refractivity contribution < 1.29 is 33.7 Å². The van der Waals surface area contributed by atoms with Crippen molar-refractivity contribution in [2.75, 3.05) is 24.6 Å². The van der Waals surface area contributed by atoms with E-state index < -0.39 is 23.8 Å². The van der Waals surface area contributed by atoms with E-state index in [9.17, 15) is 19.5 Å². The van der Waals surface area contributed by atoms with Gasteiger partial charge in [0.1, 0.15) is 18.0 Å². The Morgan fingerprint density at radius 3 is 2.29 bits per heavy atom. The number of carbonyl (C=O) groups excluding carboxylic acids is 2. The second kappa shape index (κ2) is 12.7. The highest BCUT2D eigenvalue weighted by Crippen LogP contribution is 2.32. The zero-order chi connectivity index (χ0) is 27.9. The molecule has 0 spiro atoms. The zero-order valence-electron chi connectivity index (χ0n) is 22.8. The van der Waals surface area contributed by atoms with Crippen molar-refractivity contribution >= 4 is 23.8 Å². The summed E-state index contributed by atoms with van der Waals surface area (Å²) in [6.07, 6.45) is -0.131. The van der Waals surface area contributed by atoms with E-state index in [1.807, 2.05) is 65.0 Å². The fourth-order valence-corrected chi connectivity index (χ4v) is 4.11. The minimum absolute atomic E-state index is 0.0633. The number of likely N-dealkylation sites (tertiary alicyclic amines) is 1. The molecule has 1 heterocycles. The molecule has 9 nitrogen and oxygen atoms in total. The van der Waals surface area contributed by atoms with E-state index in [2.05, 4.69) is 0 Å². The lowest BCUT2D eigenvalue weighted by molar-refractivity contribution is 0.0204. The minimum atomic E-state index is -1.18. The Kier molecular flexibility index (Phi) is 9.61. The van der Waals surface area contributed by atoms with Crippen LogP contribution in [0, 0.1) is 5.92 Å². The molecule has 1 saturated heterocycles. The van der Waals surface area contributed by atoms with Gasteiger partial charge in [-0.05, 0) is 63.3 Å². The van der Waals surface area contributed by atoms with Crippen LogP contribution in [-0.2, 0) is 16.1 Å². The molecule has 0 atom stereocenters. The standard InChI is InChI=1S/C29H38N2O7/c1-20(2)18-37-28(35)31(22-13-15-30(16-14-22)27(34)38-29(3,4)5)25-12-11-23(17-24(25)26(32)33)36-19-21-9-7-6-8-10-21/h6-12,17,20,22H,13-16,18-19H2,1-5H3,(H,32,33). The van der Waals surface area contributed by atoms with Crippen LogP contribution in [0.1, 0.15) is 63.4 Å². The van der Waals surface area contributed by atoms with Gasteiger partial charge in [-0.25, -0.2) is 14.4 Å². The highest BCUT2D eigenvalue weighted by molar-refractivity contribution is 6.00. The second-order valence-electron chi connectivity index (χ2n) is 10.8. The highest BCUT2D eigenvalue weighted by Gasteiger charge is 2.35. The van der Waals surface area contributed by atoms with Crippen LogP contribution in [0.5, 0.6) is 5.75 Å². The maximum atomic E-state index is 13.3. The van der Waals surface area contributed by atoms with Crippen molar-refractivity contribution in [2.24, 2.45) is 5.92 Å². The Balaban J connectivity index is 1.83. The molecule has 2 aromatic rings. The lowest BCUT2D eigenvalue weighted by Gasteiger charge is -2.38. The molecule has 3 rings (SSSR count). The van der Waals surface area contributed by atoms with Gasteiger partial charge in [0.15, 0.2) is 0 Å². The molecule has 0 saturated carbocycles. The molecule has 2 aromatic carbocycles. The number of anilines is 1. The molecule has 0 radical (unpaired) electrons. The van der Waals surface area contributed by atoms with E-state index in [-0.39, 0.29) is 36.4 Å². The molecule has 0 unspecified atom stereocenters. The molecule has 0 aromatic heterocycles. The Morgan fingerprint density at radius 2 is 1.71 bits per heavy atom. The van der Waals surface area contributed by atoms with Gasteiger partial charge in [-0.1, -0.05) is 44.2 Å². The van der Waals surface area contributed by atoms with E-state index >= 15 is 0 Å². The summed E-state index contributed by atoms with van der Waals surface area (Å²) >= 11 is 0. The molecular formula is C29H38N2O7. The molecule has 1 N–H and O–H groups in total. The Morgan fingerprint density at radius 1 is 1.05 bits per heavy atom. The number of ether oxygens (including phenoxy) is 3. The maximum Gasteiger partial charge on any atom is 0.414 e. The second-order valence-corrected chi connectivity index (χ2v) is 10.8. The Hall–Kier alpha value is -3.75. The van der Waals surface area contributed by atoms with Crippen LogP contribution >= 0.6 is 0 Å². The normalized spacial score (nSPS) is 14.2. The van der Waals surface area contributed by atoms with Crippen molar-refractivity contribution in [3.05, 3.63) is 59.7 Å². The molecule has 1 fully saturated rings. The van der Waals surface area contributed by atoms with Gasteiger partial charge >= 0.3 is 18.2 Å². The molecule has 9 heteroatoms. The van der Waals surface area contributed by atoms with Gasteiger partial charge in [0.05, 0.1) is 17.9 Å². The van der Waals surface area contributed by atoms with Gasteiger partial charge in [0.25, 0.3) is 0 Å². The molecule has 1 aliphatic rings. The highest BCUT2D eigenvalue weighted by atomic mass is 16.6. The average molecular weight is 527 g/mol. The van der Waals surface area contributed by atoms with Crippen LogP contribution in [-0.4, -0.2) is 59.5 Å². The number of carboxylic acids is 1. The molecule has 38 heavy (non-hydrogen) atoms. The fourth-order valence-electron chi connectivity index (χ4n) is 4.11. The van der Waals surface area contributed by atoms with Gasteiger partial charge in [-0.15, -0.1) is 0 Å². The number of aromatic carboxylic acids is 1. The topological polar surface area (TPSA) is 106 Å². The van der Waals surface area contributed by atoms with Gasteiger partial charge in [-0.3, -0.25) is 4.90 Å². The summed E-state index contributed by atoms with van der Waals surface area (Å²) in [4.78, 5) is 41.1. The van der Waals surface area contributed by atoms with E-state index in [0.717, 1.165) is 5.56 Å². The SMILES string of the molecule is CC(C)COC(=O)N(c1ccc(OCc2ccccc2)cc1C(=O)O)C1CCN(C(=O)OC(C)(C)C)CC1. The molecular weight excluding hydrogens is 488 g/mol.